The molecule has 1 saturated heterocycles. The van der Waals surface area contributed by atoms with Gasteiger partial charge in [-0.15, -0.1) is 0 Å². The molecule has 186 valence electrons. The number of ketones is 1. The number of ether oxygens (including phenoxy) is 1. The Morgan fingerprint density at radius 2 is 1.67 bits per heavy atom. The Kier molecular flexibility index (Phi) is 5.63. The third kappa shape index (κ3) is 3.21. The van der Waals surface area contributed by atoms with Crippen LogP contribution in [0.5, 0.6) is 5.75 Å². The van der Waals surface area contributed by atoms with Gasteiger partial charge in [-0.2, -0.15) is 0 Å². The zero-order chi connectivity index (χ0) is 25.3. The Morgan fingerprint density at radius 3 is 2.33 bits per heavy atom. The first kappa shape index (κ1) is 24.1. The quantitative estimate of drug-likeness (QED) is 0.476. The summed E-state index contributed by atoms with van der Waals surface area (Å²) in [5.41, 5.74) is -2.95. The number of Topliss-reactive ketones (excluding diaryl/α,β-unsaturated/α-hetero) is 1. The molecule has 3 aliphatic rings. The van der Waals surface area contributed by atoms with Gasteiger partial charge in [-0.05, 0) is 42.7 Å². The molecule has 4 unspecified atom stereocenters. The second-order valence-electron chi connectivity index (χ2n) is 9.54. The standard InChI is InChI=1S/C27H23BrClNO5S/c28-19-10-8-18(9-11-19)27-23(17-6-2-1-3-7-17)24(36(33,34)30-14-4-5-15-30)26(32,25(27)31)21-13-12-20(29)16-22(21)35-27/h1-3,6-13,16,23-24,32H,4-5,14-15H2. The van der Waals surface area contributed by atoms with Gasteiger partial charge >= 0.3 is 0 Å². The minimum atomic E-state index is -4.15. The molecule has 9 heteroatoms. The number of sulfonamides is 1. The lowest BCUT2D eigenvalue weighted by atomic mass is 9.77. The number of aliphatic hydroxyl groups is 1. The Morgan fingerprint density at radius 1 is 1.00 bits per heavy atom. The normalized spacial score (nSPS) is 29.7. The van der Waals surface area contributed by atoms with Gasteiger partial charge < -0.3 is 9.84 Å². The zero-order valence-electron chi connectivity index (χ0n) is 19.1. The largest absolute Gasteiger partial charge is 0.473 e. The highest BCUT2D eigenvalue weighted by atomic mass is 79.9. The van der Waals surface area contributed by atoms with Crippen molar-refractivity contribution < 1.29 is 23.1 Å². The lowest BCUT2D eigenvalue weighted by Crippen LogP contribution is -2.53. The first-order valence-corrected chi connectivity index (χ1v) is 14.4. The molecule has 2 aliphatic heterocycles. The molecule has 6 nitrogen and oxygen atoms in total. The van der Waals surface area contributed by atoms with E-state index in [1.165, 1.54) is 22.5 Å². The molecule has 2 fully saturated rings. The minimum absolute atomic E-state index is 0.121. The topological polar surface area (TPSA) is 83.9 Å². The van der Waals surface area contributed by atoms with E-state index in [9.17, 15) is 18.3 Å². The van der Waals surface area contributed by atoms with Crippen molar-refractivity contribution in [3.8, 4) is 5.75 Å². The Labute approximate surface area is 223 Å². The third-order valence-corrected chi connectivity index (χ3v) is 10.7. The lowest BCUT2D eigenvalue weighted by molar-refractivity contribution is -0.151. The number of carbonyl (C=O) groups is 1. The summed E-state index contributed by atoms with van der Waals surface area (Å²) < 4.78 is 37.4. The van der Waals surface area contributed by atoms with E-state index in [1.54, 1.807) is 48.5 Å². The van der Waals surface area contributed by atoms with Gasteiger partial charge in [-0.1, -0.05) is 76.1 Å². The number of hydrogen-bond acceptors (Lipinski definition) is 5. The molecule has 3 aromatic rings. The van der Waals surface area contributed by atoms with Gasteiger partial charge in [0.15, 0.2) is 5.60 Å². The molecule has 3 aromatic carbocycles. The first-order valence-electron chi connectivity index (χ1n) is 11.8. The van der Waals surface area contributed by atoms with Gasteiger partial charge in [0.1, 0.15) is 11.0 Å². The summed E-state index contributed by atoms with van der Waals surface area (Å²) in [7, 11) is -4.15. The number of carbonyl (C=O) groups excluding carboxylic acids is 1. The second kappa shape index (κ2) is 8.39. The molecular weight excluding hydrogens is 566 g/mol. The van der Waals surface area contributed by atoms with E-state index in [2.05, 4.69) is 15.9 Å². The molecule has 36 heavy (non-hydrogen) atoms. The van der Waals surface area contributed by atoms with Gasteiger partial charge in [0.2, 0.25) is 21.4 Å². The summed E-state index contributed by atoms with van der Waals surface area (Å²) in [6.45, 7) is 0.703. The fourth-order valence-electron chi connectivity index (χ4n) is 6.09. The highest BCUT2D eigenvalue weighted by Gasteiger charge is 2.77. The maximum atomic E-state index is 14.5. The fraction of sp³-hybridized carbons (Fsp3) is 0.296. The van der Waals surface area contributed by atoms with Crippen molar-refractivity contribution in [2.45, 2.75) is 35.2 Å². The van der Waals surface area contributed by atoms with Crippen molar-refractivity contribution in [3.63, 3.8) is 0 Å². The van der Waals surface area contributed by atoms with Crippen molar-refractivity contribution in [1.82, 2.24) is 4.31 Å². The predicted molar refractivity (Wildman–Crippen MR) is 140 cm³/mol. The monoisotopic (exact) mass is 587 g/mol. The van der Waals surface area contributed by atoms with E-state index in [1.807, 2.05) is 6.07 Å². The van der Waals surface area contributed by atoms with Crippen LogP contribution in [0.1, 0.15) is 35.4 Å². The average Bonchev–Trinajstić information content (AvgIpc) is 3.45. The molecular formula is C27H23BrClNO5S. The highest BCUT2D eigenvalue weighted by Crippen LogP contribution is 2.64. The maximum absolute atomic E-state index is 14.5. The van der Waals surface area contributed by atoms with Crippen molar-refractivity contribution in [2.24, 2.45) is 0 Å². The number of benzene rings is 3. The average molecular weight is 589 g/mol. The third-order valence-electron chi connectivity index (χ3n) is 7.64. The van der Waals surface area contributed by atoms with Crippen LogP contribution < -0.4 is 4.74 Å². The Balaban J connectivity index is 1.72. The molecule has 1 N–H and O–H groups in total. The van der Waals surface area contributed by atoms with Crippen LogP contribution in [0.4, 0.5) is 0 Å². The van der Waals surface area contributed by atoms with Gasteiger partial charge in [0.25, 0.3) is 0 Å². The van der Waals surface area contributed by atoms with Crippen LogP contribution in [0, 0.1) is 0 Å². The van der Waals surface area contributed by atoms with Gasteiger partial charge in [-0.3, -0.25) is 4.79 Å². The Bertz CT molecular complexity index is 1460. The maximum Gasteiger partial charge on any atom is 0.221 e. The van der Waals surface area contributed by atoms with E-state index in [4.69, 9.17) is 16.3 Å². The predicted octanol–water partition coefficient (Wildman–Crippen LogP) is 4.74. The second-order valence-corrected chi connectivity index (χ2v) is 12.9. The van der Waals surface area contributed by atoms with Crippen LogP contribution in [0.2, 0.25) is 5.02 Å². The van der Waals surface area contributed by atoms with Crippen molar-refractivity contribution in [1.29, 1.82) is 0 Å². The summed E-state index contributed by atoms with van der Waals surface area (Å²) in [5, 5.41) is 11.3. The first-order chi connectivity index (χ1) is 17.2. The summed E-state index contributed by atoms with van der Waals surface area (Å²) >= 11 is 9.72. The summed E-state index contributed by atoms with van der Waals surface area (Å²) in [4.78, 5) is 14.5. The summed E-state index contributed by atoms with van der Waals surface area (Å²) in [6.07, 6.45) is 1.46. The zero-order valence-corrected chi connectivity index (χ0v) is 22.3. The van der Waals surface area contributed by atoms with Crippen LogP contribution in [-0.2, 0) is 26.0 Å². The number of halogens is 2. The fourth-order valence-corrected chi connectivity index (χ4v) is 8.96. The van der Waals surface area contributed by atoms with Crippen LogP contribution in [0.25, 0.3) is 0 Å². The van der Waals surface area contributed by atoms with Crippen LogP contribution >= 0.6 is 27.5 Å². The number of fused-ring (bicyclic) bond motifs is 4. The molecule has 1 aliphatic carbocycles. The molecule has 6 rings (SSSR count). The van der Waals surface area contributed by atoms with Crippen molar-refractivity contribution in [3.05, 3.63) is 99.0 Å². The molecule has 1 saturated carbocycles. The SMILES string of the molecule is O=C1C2(O)c3ccc(Cl)cc3OC1(c1ccc(Br)cc1)C(c1ccccc1)C2S(=O)(=O)N1CCCC1. The summed E-state index contributed by atoms with van der Waals surface area (Å²) in [5.74, 6) is -1.50. The molecule has 4 atom stereocenters. The molecule has 0 spiro atoms. The van der Waals surface area contributed by atoms with Crippen molar-refractivity contribution in [2.75, 3.05) is 13.1 Å². The molecule has 2 bridgehead atoms. The van der Waals surface area contributed by atoms with E-state index >= 15 is 0 Å². The van der Waals surface area contributed by atoms with Crippen LogP contribution in [-0.4, -0.2) is 42.0 Å². The smallest absolute Gasteiger partial charge is 0.221 e. The van der Waals surface area contributed by atoms with Crippen molar-refractivity contribution >= 4 is 43.3 Å². The molecule has 0 aromatic heterocycles. The molecule has 0 radical (unpaired) electrons. The van der Waals surface area contributed by atoms with Crippen LogP contribution in [0.3, 0.4) is 0 Å². The number of rotatable bonds is 4. The number of hydrogen-bond donors (Lipinski definition) is 1. The lowest BCUT2D eigenvalue weighted by Gasteiger charge is -2.39. The number of nitrogens with zero attached hydrogens (tertiary/aromatic N) is 1. The van der Waals surface area contributed by atoms with Gasteiger partial charge in [0.05, 0.1) is 5.92 Å². The van der Waals surface area contributed by atoms with E-state index in [-0.39, 0.29) is 11.3 Å². The van der Waals surface area contributed by atoms with Crippen LogP contribution in [0.15, 0.2) is 77.3 Å². The van der Waals surface area contributed by atoms with Gasteiger partial charge in [-0.25, -0.2) is 12.7 Å². The minimum Gasteiger partial charge on any atom is -0.473 e. The Hall–Kier alpha value is -2.23. The highest BCUT2D eigenvalue weighted by molar-refractivity contribution is 9.10. The van der Waals surface area contributed by atoms with E-state index in [0.29, 0.717) is 29.2 Å². The summed E-state index contributed by atoms with van der Waals surface area (Å²) in [6, 6.07) is 20.6. The molecule has 0 amide bonds. The van der Waals surface area contributed by atoms with Gasteiger partial charge in [0, 0.05) is 33.7 Å². The molecule has 2 heterocycles. The van der Waals surface area contributed by atoms with E-state index < -0.39 is 38.2 Å². The van der Waals surface area contributed by atoms with E-state index in [0.717, 1.165) is 17.3 Å².